The van der Waals surface area contributed by atoms with Crippen LogP contribution >= 0.6 is 12.2 Å². The molecule has 1 aliphatic carbocycles. The number of nitrogens with one attached hydrogen (secondary N) is 2. The number of hydrogen-bond acceptors (Lipinski definition) is 4. The second-order valence-electron chi connectivity index (χ2n) is 10.2. The van der Waals surface area contributed by atoms with E-state index in [2.05, 4.69) is 88.3 Å². The maximum Gasteiger partial charge on any atom is 0.231 e. The highest BCUT2D eigenvalue weighted by Gasteiger charge is 2.51. The molecular formula is C30H33N3O2S. The Hall–Kier alpha value is -3.09. The van der Waals surface area contributed by atoms with Crippen molar-refractivity contribution >= 4 is 17.3 Å². The van der Waals surface area contributed by atoms with E-state index < -0.39 is 0 Å². The smallest absolute Gasteiger partial charge is 0.231 e. The Balaban J connectivity index is 1.20. The molecule has 1 saturated carbocycles. The third kappa shape index (κ3) is 4.67. The molecule has 3 atom stereocenters. The van der Waals surface area contributed by atoms with Crippen LogP contribution in [0.1, 0.15) is 42.4 Å². The molecule has 3 aliphatic rings. The second-order valence-corrected chi connectivity index (χ2v) is 10.6. The standard InChI is InChI=1S/C30H33N3O2S/c36-29(31-19-22-7-3-1-4-8-22)32-25-13-14-30(24-11-12-26-27(17-24)35-21-34-26)15-16-33(28(30)18-25)20-23-9-5-2-6-10-23/h1-12,17,25,28H,13-16,18-21H2,(H2,31,32,36)/t25-,28+,30+/m1/s1. The second kappa shape index (κ2) is 10.1. The Labute approximate surface area is 218 Å². The maximum absolute atomic E-state index is 5.76. The highest BCUT2D eigenvalue weighted by atomic mass is 32.1. The molecule has 2 N–H and O–H groups in total. The first kappa shape index (κ1) is 23.3. The molecule has 0 spiro atoms. The first-order valence-electron chi connectivity index (χ1n) is 13.0. The van der Waals surface area contributed by atoms with Crippen molar-refractivity contribution in [3.8, 4) is 11.5 Å². The Morgan fingerprint density at radius 1 is 0.917 bits per heavy atom. The average molecular weight is 500 g/mol. The minimum absolute atomic E-state index is 0.118. The number of nitrogens with zero attached hydrogens (tertiary/aromatic N) is 1. The summed E-state index contributed by atoms with van der Waals surface area (Å²) in [4.78, 5) is 2.69. The topological polar surface area (TPSA) is 45.8 Å². The summed E-state index contributed by atoms with van der Waals surface area (Å²) in [6, 6.07) is 28.6. The van der Waals surface area contributed by atoms with Gasteiger partial charge in [-0.05, 0) is 73.3 Å². The van der Waals surface area contributed by atoms with E-state index in [9.17, 15) is 0 Å². The monoisotopic (exact) mass is 499 g/mol. The fourth-order valence-electron chi connectivity index (χ4n) is 6.34. The number of hydrogen-bond donors (Lipinski definition) is 2. The highest BCUT2D eigenvalue weighted by Crippen LogP contribution is 2.51. The normalized spacial score (nSPS) is 24.8. The number of ether oxygens (including phenoxy) is 2. The van der Waals surface area contributed by atoms with Gasteiger partial charge in [-0.2, -0.15) is 0 Å². The maximum atomic E-state index is 5.76. The van der Waals surface area contributed by atoms with Crippen LogP contribution in [0.2, 0.25) is 0 Å². The number of likely N-dealkylation sites (tertiary alicyclic amines) is 1. The Kier molecular flexibility index (Phi) is 6.55. The van der Waals surface area contributed by atoms with Gasteiger partial charge < -0.3 is 20.1 Å². The summed E-state index contributed by atoms with van der Waals surface area (Å²) >= 11 is 5.70. The lowest BCUT2D eigenvalue weighted by Gasteiger charge is -2.45. The molecule has 0 radical (unpaired) electrons. The predicted molar refractivity (Wildman–Crippen MR) is 146 cm³/mol. The first-order valence-corrected chi connectivity index (χ1v) is 13.4. The number of fused-ring (bicyclic) bond motifs is 2. The predicted octanol–water partition coefficient (Wildman–Crippen LogP) is 5.14. The van der Waals surface area contributed by atoms with Crippen LogP contribution in [0.5, 0.6) is 11.5 Å². The first-order chi connectivity index (χ1) is 17.7. The van der Waals surface area contributed by atoms with Crippen molar-refractivity contribution in [3.05, 3.63) is 95.6 Å². The summed E-state index contributed by atoms with van der Waals surface area (Å²) in [5, 5.41) is 7.79. The van der Waals surface area contributed by atoms with Crippen molar-refractivity contribution < 1.29 is 9.47 Å². The molecule has 0 unspecified atom stereocenters. The van der Waals surface area contributed by atoms with E-state index in [1.54, 1.807) is 0 Å². The summed E-state index contributed by atoms with van der Waals surface area (Å²) in [7, 11) is 0. The van der Waals surface area contributed by atoms with Crippen LogP contribution < -0.4 is 20.1 Å². The van der Waals surface area contributed by atoms with Gasteiger partial charge in [-0.3, -0.25) is 4.90 Å². The molecule has 5 nitrogen and oxygen atoms in total. The van der Waals surface area contributed by atoms with E-state index in [0.717, 1.165) is 61.9 Å². The molecule has 186 valence electrons. The van der Waals surface area contributed by atoms with Gasteiger partial charge in [0.2, 0.25) is 6.79 Å². The fourth-order valence-corrected chi connectivity index (χ4v) is 6.58. The zero-order valence-electron chi connectivity index (χ0n) is 20.5. The third-order valence-electron chi connectivity index (χ3n) is 8.18. The molecule has 6 rings (SSSR count). The van der Waals surface area contributed by atoms with Crippen molar-refractivity contribution in [2.45, 2.75) is 56.3 Å². The molecule has 36 heavy (non-hydrogen) atoms. The van der Waals surface area contributed by atoms with E-state index in [4.69, 9.17) is 21.7 Å². The fraction of sp³-hybridized carbons (Fsp3) is 0.367. The van der Waals surface area contributed by atoms with Gasteiger partial charge in [0.25, 0.3) is 0 Å². The molecule has 0 bridgehead atoms. The molecule has 3 aromatic rings. The molecule has 3 aromatic carbocycles. The van der Waals surface area contributed by atoms with Crippen molar-refractivity contribution in [3.63, 3.8) is 0 Å². The highest BCUT2D eigenvalue weighted by molar-refractivity contribution is 7.80. The zero-order valence-corrected chi connectivity index (χ0v) is 21.3. The molecule has 2 aliphatic heterocycles. The quantitative estimate of drug-likeness (QED) is 0.458. The van der Waals surface area contributed by atoms with E-state index in [0.29, 0.717) is 18.9 Å². The minimum Gasteiger partial charge on any atom is -0.454 e. The van der Waals surface area contributed by atoms with E-state index >= 15 is 0 Å². The Bertz CT molecular complexity index is 1210. The van der Waals surface area contributed by atoms with Crippen LogP contribution in [0.3, 0.4) is 0 Å². The van der Waals surface area contributed by atoms with Crippen LogP contribution in [0.25, 0.3) is 0 Å². The summed E-state index contributed by atoms with van der Waals surface area (Å²) in [5.74, 6) is 1.74. The van der Waals surface area contributed by atoms with Crippen molar-refractivity contribution in [1.29, 1.82) is 0 Å². The van der Waals surface area contributed by atoms with Crippen molar-refractivity contribution in [2.75, 3.05) is 13.3 Å². The average Bonchev–Trinajstić information content (AvgIpc) is 3.54. The molecular weight excluding hydrogens is 466 g/mol. The number of thiocarbonyl (C=S) groups is 1. The van der Waals surface area contributed by atoms with Gasteiger partial charge in [-0.1, -0.05) is 66.7 Å². The van der Waals surface area contributed by atoms with Crippen LogP contribution in [-0.4, -0.2) is 35.4 Å². The summed E-state index contributed by atoms with van der Waals surface area (Å²) in [5.41, 5.74) is 4.11. The zero-order chi connectivity index (χ0) is 24.4. The van der Waals surface area contributed by atoms with E-state index in [1.165, 1.54) is 16.7 Å². The lowest BCUT2D eigenvalue weighted by atomic mass is 9.65. The SMILES string of the molecule is S=C(NCc1ccccc1)N[C@@H]1CC[C@@]2(c3ccc4c(c3)OCO4)CCN(Cc3ccccc3)[C@H]2C1. The van der Waals surface area contributed by atoms with Crippen LogP contribution in [0.4, 0.5) is 0 Å². The van der Waals surface area contributed by atoms with Gasteiger partial charge in [0.15, 0.2) is 16.6 Å². The van der Waals surface area contributed by atoms with Crippen molar-refractivity contribution in [1.82, 2.24) is 15.5 Å². The molecule has 0 amide bonds. The largest absolute Gasteiger partial charge is 0.454 e. The lowest BCUT2D eigenvalue weighted by Crippen LogP contribution is -2.53. The van der Waals surface area contributed by atoms with Crippen LogP contribution in [-0.2, 0) is 18.5 Å². The summed E-state index contributed by atoms with van der Waals surface area (Å²) in [6.07, 6.45) is 4.45. The van der Waals surface area contributed by atoms with Gasteiger partial charge in [0.05, 0.1) is 0 Å². The minimum atomic E-state index is 0.118. The molecule has 2 heterocycles. The Morgan fingerprint density at radius 2 is 1.67 bits per heavy atom. The Morgan fingerprint density at radius 3 is 2.47 bits per heavy atom. The van der Waals surface area contributed by atoms with Gasteiger partial charge in [-0.25, -0.2) is 0 Å². The number of benzene rings is 3. The molecule has 2 fully saturated rings. The van der Waals surface area contributed by atoms with Gasteiger partial charge >= 0.3 is 0 Å². The lowest BCUT2D eigenvalue weighted by molar-refractivity contribution is 0.134. The summed E-state index contributed by atoms with van der Waals surface area (Å²) < 4.78 is 11.4. The summed E-state index contributed by atoms with van der Waals surface area (Å²) in [6.45, 7) is 3.12. The van der Waals surface area contributed by atoms with Crippen molar-refractivity contribution in [2.24, 2.45) is 0 Å². The molecule has 0 aromatic heterocycles. The van der Waals surface area contributed by atoms with E-state index in [-0.39, 0.29) is 5.41 Å². The van der Waals surface area contributed by atoms with Gasteiger partial charge in [0, 0.05) is 30.6 Å². The number of rotatable bonds is 6. The van der Waals surface area contributed by atoms with Crippen LogP contribution in [0, 0.1) is 0 Å². The molecule has 6 heteroatoms. The van der Waals surface area contributed by atoms with Crippen LogP contribution in [0.15, 0.2) is 78.9 Å². The van der Waals surface area contributed by atoms with Gasteiger partial charge in [-0.15, -0.1) is 0 Å². The van der Waals surface area contributed by atoms with E-state index in [1.807, 2.05) is 6.07 Å². The third-order valence-corrected chi connectivity index (χ3v) is 8.44. The van der Waals surface area contributed by atoms with Gasteiger partial charge in [0.1, 0.15) is 0 Å². The molecule has 1 saturated heterocycles.